The van der Waals surface area contributed by atoms with Gasteiger partial charge in [0, 0.05) is 5.41 Å². The van der Waals surface area contributed by atoms with Gasteiger partial charge >= 0.3 is 0 Å². The predicted octanol–water partition coefficient (Wildman–Crippen LogP) is 4.92. The predicted molar refractivity (Wildman–Crippen MR) is 121 cm³/mol. The Morgan fingerprint density at radius 2 is 2.00 bits per heavy atom. The standard InChI is InChI=1S/C26H29N3O2/c1-25(21-6-4-3-5-7-21)14-19-9-8-18(13-23(19)26(25)16-31-24(28)29-26)20-10-17(15-27)11-22(12-20)30-2/h8-13,21H,3-7,14,16H2,1-2H3,(H2,28,29)/i16D2. The van der Waals surface area contributed by atoms with E-state index in [1.54, 1.807) is 13.2 Å². The molecule has 5 nitrogen and oxygen atoms in total. The molecule has 0 bridgehead atoms. The van der Waals surface area contributed by atoms with Crippen molar-refractivity contribution in [2.45, 2.75) is 51.0 Å². The van der Waals surface area contributed by atoms with Crippen LogP contribution in [-0.2, 0) is 16.7 Å². The molecule has 2 aliphatic carbocycles. The van der Waals surface area contributed by atoms with Crippen molar-refractivity contribution in [2.75, 3.05) is 13.7 Å². The van der Waals surface area contributed by atoms with E-state index in [9.17, 15) is 5.26 Å². The molecule has 1 aliphatic heterocycles. The van der Waals surface area contributed by atoms with Gasteiger partial charge in [-0.1, -0.05) is 38.3 Å². The third-order valence-corrected chi connectivity index (χ3v) is 7.58. The largest absolute Gasteiger partial charge is 0.497 e. The summed E-state index contributed by atoms with van der Waals surface area (Å²) in [6, 6.07) is 13.6. The zero-order valence-electron chi connectivity index (χ0n) is 20.1. The molecule has 31 heavy (non-hydrogen) atoms. The molecular weight excluding hydrogens is 386 g/mol. The van der Waals surface area contributed by atoms with E-state index in [4.69, 9.17) is 22.9 Å². The number of nitrogens with zero attached hydrogens (tertiary/aromatic N) is 2. The van der Waals surface area contributed by atoms with Crippen molar-refractivity contribution in [3.63, 3.8) is 0 Å². The van der Waals surface area contributed by atoms with Crippen LogP contribution in [0.2, 0.25) is 0 Å². The Hall–Kier alpha value is -3.00. The van der Waals surface area contributed by atoms with Crippen LogP contribution in [0.3, 0.4) is 0 Å². The van der Waals surface area contributed by atoms with Gasteiger partial charge in [0.2, 0.25) is 0 Å². The average Bonchev–Trinajstić information content (AvgIpc) is 3.23. The van der Waals surface area contributed by atoms with E-state index in [0.29, 0.717) is 17.2 Å². The molecule has 5 heteroatoms. The summed E-state index contributed by atoms with van der Waals surface area (Å²) in [6.45, 7) is 0.116. The van der Waals surface area contributed by atoms with E-state index in [1.165, 1.54) is 6.42 Å². The van der Waals surface area contributed by atoms with Crippen LogP contribution >= 0.6 is 0 Å². The Morgan fingerprint density at radius 3 is 2.68 bits per heavy atom. The number of methoxy groups -OCH3 is 1. The van der Waals surface area contributed by atoms with Crippen LogP contribution in [0.1, 0.15) is 58.5 Å². The minimum absolute atomic E-state index is 0.0894. The number of aliphatic imine (C=N–C) groups is 1. The quantitative estimate of drug-likeness (QED) is 0.769. The normalized spacial score (nSPS) is 30.0. The van der Waals surface area contributed by atoms with Gasteiger partial charge in [-0.05, 0) is 71.7 Å². The van der Waals surface area contributed by atoms with E-state index < -0.39 is 17.5 Å². The lowest BCUT2D eigenvalue weighted by molar-refractivity contribution is 0.0367. The van der Waals surface area contributed by atoms with Gasteiger partial charge in [-0.25, -0.2) is 4.99 Å². The highest BCUT2D eigenvalue weighted by Crippen LogP contribution is 2.61. The van der Waals surface area contributed by atoms with Crippen molar-refractivity contribution in [1.29, 1.82) is 5.26 Å². The van der Waals surface area contributed by atoms with Crippen LogP contribution in [0.5, 0.6) is 5.75 Å². The molecule has 1 spiro atoms. The fraction of sp³-hybridized carbons (Fsp3) is 0.462. The zero-order valence-corrected chi connectivity index (χ0v) is 18.1. The lowest BCUT2D eigenvalue weighted by Gasteiger charge is -2.45. The lowest BCUT2D eigenvalue weighted by Crippen LogP contribution is -2.46. The van der Waals surface area contributed by atoms with E-state index in [1.807, 2.05) is 24.3 Å². The molecule has 2 aromatic carbocycles. The molecule has 1 saturated carbocycles. The summed E-state index contributed by atoms with van der Waals surface area (Å²) in [5, 5.41) is 9.46. The number of nitrogens with two attached hydrogens (primary N) is 1. The average molecular weight is 418 g/mol. The molecule has 1 heterocycles. The summed E-state index contributed by atoms with van der Waals surface area (Å²) in [5.41, 5.74) is 8.51. The van der Waals surface area contributed by atoms with Gasteiger partial charge in [-0.15, -0.1) is 0 Å². The van der Waals surface area contributed by atoms with Crippen molar-refractivity contribution < 1.29 is 12.2 Å². The summed E-state index contributed by atoms with van der Waals surface area (Å²) >= 11 is 0. The number of hydrogen-bond donors (Lipinski definition) is 1. The molecule has 0 saturated heterocycles. The van der Waals surface area contributed by atoms with Crippen molar-refractivity contribution in [1.82, 2.24) is 0 Å². The Balaban J connectivity index is 1.71. The molecule has 3 aliphatic rings. The Kier molecular flexibility index (Phi) is 4.16. The SMILES string of the molecule is [2H]C1([2H])OC(N)=NC12c1cc(-c3cc(C#N)cc(OC)c3)ccc1CC2(C)C1CCCCC1. The first-order valence-electron chi connectivity index (χ1n) is 12.0. The van der Waals surface area contributed by atoms with Crippen molar-refractivity contribution in [3.05, 3.63) is 53.1 Å². The van der Waals surface area contributed by atoms with E-state index >= 15 is 0 Å². The van der Waals surface area contributed by atoms with Crippen molar-refractivity contribution >= 4 is 6.02 Å². The van der Waals surface area contributed by atoms with Gasteiger partial charge in [0.1, 0.15) is 17.8 Å². The molecule has 2 N–H and O–H groups in total. The molecule has 5 rings (SSSR count). The number of rotatable bonds is 3. The number of fused-ring (bicyclic) bond motifs is 2. The van der Waals surface area contributed by atoms with Crippen LogP contribution in [0.25, 0.3) is 11.1 Å². The third kappa shape index (κ3) is 3.00. The molecule has 160 valence electrons. The van der Waals surface area contributed by atoms with Gasteiger partial charge in [0.25, 0.3) is 6.02 Å². The third-order valence-electron chi connectivity index (χ3n) is 7.58. The second-order valence-corrected chi connectivity index (χ2v) is 9.23. The van der Waals surface area contributed by atoms with Gasteiger partial charge in [0.15, 0.2) is 0 Å². The van der Waals surface area contributed by atoms with E-state index in [0.717, 1.165) is 54.4 Å². The van der Waals surface area contributed by atoms with E-state index in [-0.39, 0.29) is 6.02 Å². The smallest absolute Gasteiger partial charge is 0.283 e. The molecular formula is C26H29N3O2. The topological polar surface area (TPSA) is 80.6 Å². The number of benzene rings is 2. The summed E-state index contributed by atoms with van der Waals surface area (Å²) in [4.78, 5) is 4.76. The van der Waals surface area contributed by atoms with Crippen molar-refractivity contribution in [3.8, 4) is 22.9 Å². The van der Waals surface area contributed by atoms with Crippen LogP contribution < -0.4 is 10.5 Å². The first-order chi connectivity index (χ1) is 15.7. The highest BCUT2D eigenvalue weighted by molar-refractivity contribution is 5.76. The zero-order chi connectivity index (χ0) is 23.4. The van der Waals surface area contributed by atoms with Gasteiger partial charge in [0.05, 0.1) is 21.5 Å². The molecule has 0 amide bonds. The first-order valence-corrected chi connectivity index (χ1v) is 11.0. The lowest BCUT2D eigenvalue weighted by atomic mass is 9.60. The van der Waals surface area contributed by atoms with Crippen LogP contribution in [-0.4, -0.2) is 19.7 Å². The molecule has 0 aromatic heterocycles. The minimum atomic E-state index is -2.06. The van der Waals surface area contributed by atoms with Crippen LogP contribution in [0, 0.1) is 22.7 Å². The van der Waals surface area contributed by atoms with Gasteiger partial charge < -0.3 is 15.2 Å². The van der Waals surface area contributed by atoms with Crippen molar-refractivity contribution in [2.24, 2.45) is 22.1 Å². The van der Waals surface area contributed by atoms with Crippen LogP contribution in [0.15, 0.2) is 41.4 Å². The maximum absolute atomic E-state index is 9.46. The maximum atomic E-state index is 9.46. The minimum Gasteiger partial charge on any atom is -0.497 e. The Labute approximate surface area is 186 Å². The highest BCUT2D eigenvalue weighted by atomic mass is 16.5. The molecule has 2 unspecified atom stereocenters. The number of hydrogen-bond acceptors (Lipinski definition) is 5. The van der Waals surface area contributed by atoms with Gasteiger partial charge in [-0.3, -0.25) is 0 Å². The fourth-order valence-electron chi connectivity index (χ4n) is 5.90. The second-order valence-electron chi connectivity index (χ2n) is 9.23. The first kappa shape index (κ1) is 17.7. The van der Waals surface area contributed by atoms with Crippen LogP contribution in [0.4, 0.5) is 0 Å². The molecule has 0 radical (unpaired) electrons. The highest BCUT2D eigenvalue weighted by Gasteiger charge is 2.61. The summed E-state index contributed by atoms with van der Waals surface area (Å²) in [6.07, 6.45) is 6.39. The number of amidine groups is 1. The summed E-state index contributed by atoms with van der Waals surface area (Å²) in [5.74, 6) is 0.936. The maximum Gasteiger partial charge on any atom is 0.283 e. The summed E-state index contributed by atoms with van der Waals surface area (Å²) < 4.78 is 28.9. The monoisotopic (exact) mass is 417 g/mol. The Bertz CT molecular complexity index is 1180. The Morgan fingerprint density at radius 1 is 1.19 bits per heavy atom. The second kappa shape index (κ2) is 7.30. The molecule has 2 aromatic rings. The fourth-order valence-corrected chi connectivity index (χ4v) is 5.90. The molecule has 2 atom stereocenters. The number of nitriles is 1. The van der Waals surface area contributed by atoms with E-state index in [2.05, 4.69) is 19.1 Å². The van der Waals surface area contributed by atoms with Gasteiger partial charge in [-0.2, -0.15) is 5.26 Å². The molecule has 1 fully saturated rings. The number of ether oxygens (including phenoxy) is 2. The summed E-state index contributed by atoms with van der Waals surface area (Å²) in [7, 11) is 1.58.